The van der Waals surface area contributed by atoms with Crippen LogP contribution in [0.15, 0.2) is 51.7 Å². The molecule has 0 spiro atoms. The van der Waals surface area contributed by atoms with E-state index in [4.69, 9.17) is 4.42 Å². The largest absolute Gasteiger partial charge is 0.472 e. The third-order valence-corrected chi connectivity index (χ3v) is 3.13. The van der Waals surface area contributed by atoms with Crippen LogP contribution in [0.3, 0.4) is 0 Å². The van der Waals surface area contributed by atoms with Crippen molar-refractivity contribution in [3.8, 4) is 0 Å². The number of aliphatic hydroxyl groups is 1. The molecular weight excluding hydrogens is 268 g/mol. The third-order valence-electron chi connectivity index (χ3n) is 2.60. The van der Waals surface area contributed by atoms with Crippen molar-refractivity contribution >= 4 is 15.9 Å². The van der Waals surface area contributed by atoms with Gasteiger partial charge in [0.2, 0.25) is 0 Å². The van der Waals surface area contributed by atoms with E-state index in [1.165, 1.54) is 0 Å². The first-order valence-electron chi connectivity index (χ1n) is 5.07. The number of furan rings is 1. The third kappa shape index (κ3) is 2.54. The quantitative estimate of drug-likeness (QED) is 0.934. The van der Waals surface area contributed by atoms with Crippen molar-refractivity contribution in [2.75, 3.05) is 0 Å². The van der Waals surface area contributed by atoms with E-state index < -0.39 is 5.60 Å². The molecule has 16 heavy (non-hydrogen) atoms. The average Bonchev–Trinajstić information content (AvgIpc) is 2.75. The van der Waals surface area contributed by atoms with Crippen molar-refractivity contribution in [1.82, 2.24) is 0 Å². The van der Waals surface area contributed by atoms with E-state index in [0.29, 0.717) is 6.42 Å². The second-order valence-electron chi connectivity index (χ2n) is 4.09. The number of hydrogen-bond donors (Lipinski definition) is 1. The number of hydrogen-bond acceptors (Lipinski definition) is 2. The van der Waals surface area contributed by atoms with E-state index in [0.717, 1.165) is 15.6 Å². The van der Waals surface area contributed by atoms with Crippen LogP contribution in [-0.2, 0) is 12.0 Å². The number of rotatable bonds is 3. The fraction of sp³-hybridized carbons (Fsp3) is 0.231. The summed E-state index contributed by atoms with van der Waals surface area (Å²) in [6.45, 7) is 1.79. The Morgan fingerprint density at radius 1 is 1.25 bits per heavy atom. The highest BCUT2D eigenvalue weighted by atomic mass is 79.9. The summed E-state index contributed by atoms with van der Waals surface area (Å²) in [5, 5.41) is 10.3. The maximum Gasteiger partial charge on any atom is 0.0963 e. The van der Waals surface area contributed by atoms with E-state index >= 15 is 0 Å². The molecule has 1 heterocycles. The molecule has 2 rings (SSSR count). The molecule has 0 fully saturated rings. The molecule has 0 radical (unpaired) electrons. The van der Waals surface area contributed by atoms with Gasteiger partial charge in [-0.15, -0.1) is 0 Å². The number of halogens is 1. The van der Waals surface area contributed by atoms with Gasteiger partial charge in [0.15, 0.2) is 0 Å². The predicted molar refractivity (Wildman–Crippen MR) is 66.1 cm³/mol. The van der Waals surface area contributed by atoms with E-state index in [1.54, 1.807) is 25.5 Å². The molecule has 0 aliphatic rings. The van der Waals surface area contributed by atoms with Crippen molar-refractivity contribution in [3.63, 3.8) is 0 Å². The lowest BCUT2D eigenvalue weighted by molar-refractivity contribution is 0.0570. The molecule has 1 atom stereocenters. The summed E-state index contributed by atoms with van der Waals surface area (Å²) >= 11 is 3.39. The standard InChI is InChI=1S/C13H13BrO2/c1-13(15,11-6-7-16-9-11)8-10-2-4-12(14)5-3-10/h2-7,9,15H,8H2,1H3. The highest BCUT2D eigenvalue weighted by molar-refractivity contribution is 9.10. The molecule has 2 aromatic rings. The molecule has 1 N–H and O–H groups in total. The Bertz CT molecular complexity index is 443. The molecule has 0 saturated heterocycles. The Morgan fingerprint density at radius 3 is 2.50 bits per heavy atom. The van der Waals surface area contributed by atoms with Gasteiger partial charge < -0.3 is 9.52 Å². The first kappa shape index (κ1) is 11.4. The maximum atomic E-state index is 10.3. The fourth-order valence-corrected chi connectivity index (χ4v) is 1.94. The van der Waals surface area contributed by atoms with E-state index in [9.17, 15) is 5.11 Å². The molecule has 0 aliphatic heterocycles. The van der Waals surface area contributed by atoms with Crippen LogP contribution >= 0.6 is 15.9 Å². The molecule has 3 heteroatoms. The van der Waals surface area contributed by atoms with Gasteiger partial charge in [0, 0.05) is 16.5 Å². The van der Waals surface area contributed by atoms with Crippen molar-refractivity contribution < 1.29 is 9.52 Å². The first-order valence-corrected chi connectivity index (χ1v) is 5.87. The monoisotopic (exact) mass is 280 g/mol. The molecule has 84 valence electrons. The Hall–Kier alpha value is -1.06. The minimum atomic E-state index is -0.888. The molecule has 0 amide bonds. The average molecular weight is 281 g/mol. The first-order chi connectivity index (χ1) is 7.58. The van der Waals surface area contributed by atoms with Crippen LogP contribution in [0.2, 0.25) is 0 Å². The number of benzene rings is 1. The van der Waals surface area contributed by atoms with Gasteiger partial charge in [0.25, 0.3) is 0 Å². The van der Waals surface area contributed by atoms with Crippen LogP contribution in [0, 0.1) is 0 Å². The maximum absolute atomic E-state index is 10.3. The summed E-state index contributed by atoms with van der Waals surface area (Å²) in [6, 6.07) is 9.73. The van der Waals surface area contributed by atoms with Gasteiger partial charge in [0.05, 0.1) is 18.1 Å². The van der Waals surface area contributed by atoms with Gasteiger partial charge in [-0.2, -0.15) is 0 Å². The van der Waals surface area contributed by atoms with Gasteiger partial charge in [-0.05, 0) is 30.7 Å². The van der Waals surface area contributed by atoms with E-state index in [1.807, 2.05) is 24.3 Å². The van der Waals surface area contributed by atoms with Gasteiger partial charge >= 0.3 is 0 Å². The van der Waals surface area contributed by atoms with Gasteiger partial charge in [-0.1, -0.05) is 28.1 Å². The van der Waals surface area contributed by atoms with Crippen LogP contribution in [0.25, 0.3) is 0 Å². The summed E-state index contributed by atoms with van der Waals surface area (Å²) in [5.41, 5.74) is 1.01. The summed E-state index contributed by atoms with van der Waals surface area (Å²) in [4.78, 5) is 0. The molecule has 0 saturated carbocycles. The molecule has 1 aromatic heterocycles. The SMILES string of the molecule is CC(O)(Cc1ccc(Br)cc1)c1ccoc1. The molecular formula is C13H13BrO2. The topological polar surface area (TPSA) is 33.4 Å². The zero-order chi connectivity index (χ0) is 11.6. The molecule has 2 nitrogen and oxygen atoms in total. The minimum absolute atomic E-state index is 0.569. The Morgan fingerprint density at radius 2 is 1.94 bits per heavy atom. The van der Waals surface area contributed by atoms with Crippen LogP contribution in [0.4, 0.5) is 0 Å². The summed E-state index contributed by atoms with van der Waals surface area (Å²) in [6.07, 6.45) is 3.73. The van der Waals surface area contributed by atoms with Crippen molar-refractivity contribution in [1.29, 1.82) is 0 Å². The van der Waals surface area contributed by atoms with E-state index in [-0.39, 0.29) is 0 Å². The zero-order valence-corrected chi connectivity index (χ0v) is 10.6. The van der Waals surface area contributed by atoms with E-state index in [2.05, 4.69) is 15.9 Å². The lowest BCUT2D eigenvalue weighted by atomic mass is 9.91. The fourth-order valence-electron chi connectivity index (χ4n) is 1.67. The molecule has 1 aromatic carbocycles. The van der Waals surface area contributed by atoms with Crippen LogP contribution in [0.1, 0.15) is 18.1 Å². The molecule has 0 bridgehead atoms. The Balaban J connectivity index is 2.18. The Kier molecular flexibility index (Phi) is 3.17. The summed E-state index contributed by atoms with van der Waals surface area (Å²) in [7, 11) is 0. The predicted octanol–water partition coefficient (Wildman–Crippen LogP) is 3.49. The van der Waals surface area contributed by atoms with Gasteiger partial charge in [-0.3, -0.25) is 0 Å². The molecule has 0 aliphatic carbocycles. The highest BCUT2D eigenvalue weighted by Crippen LogP contribution is 2.26. The summed E-state index contributed by atoms with van der Waals surface area (Å²) in [5.74, 6) is 0. The van der Waals surface area contributed by atoms with Gasteiger partial charge in [0.1, 0.15) is 0 Å². The highest BCUT2D eigenvalue weighted by Gasteiger charge is 2.24. The smallest absolute Gasteiger partial charge is 0.0963 e. The van der Waals surface area contributed by atoms with Crippen molar-refractivity contribution in [2.24, 2.45) is 0 Å². The van der Waals surface area contributed by atoms with Crippen molar-refractivity contribution in [2.45, 2.75) is 18.9 Å². The van der Waals surface area contributed by atoms with Crippen LogP contribution in [0.5, 0.6) is 0 Å². The lowest BCUT2D eigenvalue weighted by Crippen LogP contribution is -2.23. The minimum Gasteiger partial charge on any atom is -0.472 e. The van der Waals surface area contributed by atoms with Crippen LogP contribution < -0.4 is 0 Å². The van der Waals surface area contributed by atoms with Crippen LogP contribution in [-0.4, -0.2) is 5.11 Å². The lowest BCUT2D eigenvalue weighted by Gasteiger charge is -2.21. The van der Waals surface area contributed by atoms with Gasteiger partial charge in [-0.25, -0.2) is 0 Å². The Labute approximate surface area is 103 Å². The normalized spacial score (nSPS) is 14.7. The second-order valence-corrected chi connectivity index (χ2v) is 5.00. The zero-order valence-electron chi connectivity index (χ0n) is 8.98. The summed E-state index contributed by atoms with van der Waals surface area (Å²) < 4.78 is 6.03. The second kappa shape index (κ2) is 4.44. The van der Waals surface area contributed by atoms with Crippen molar-refractivity contribution in [3.05, 3.63) is 58.5 Å². The molecule has 1 unspecified atom stereocenters.